The van der Waals surface area contributed by atoms with Crippen molar-refractivity contribution in [1.82, 2.24) is 5.32 Å². The molecule has 0 amide bonds. The van der Waals surface area contributed by atoms with Crippen molar-refractivity contribution in [3.63, 3.8) is 0 Å². The van der Waals surface area contributed by atoms with Crippen LogP contribution in [0.5, 0.6) is 5.75 Å². The summed E-state index contributed by atoms with van der Waals surface area (Å²) < 4.78 is 5.89. The van der Waals surface area contributed by atoms with E-state index in [1.807, 2.05) is 18.2 Å². The van der Waals surface area contributed by atoms with Crippen molar-refractivity contribution >= 4 is 5.97 Å². The van der Waals surface area contributed by atoms with E-state index in [-0.39, 0.29) is 23.4 Å². The lowest BCUT2D eigenvalue weighted by atomic mass is 9.85. The van der Waals surface area contributed by atoms with Crippen LogP contribution in [-0.4, -0.2) is 34.9 Å². The molecule has 1 fully saturated rings. The third-order valence-corrected chi connectivity index (χ3v) is 5.23. The Kier molecular flexibility index (Phi) is 4.58. The van der Waals surface area contributed by atoms with Crippen LogP contribution in [-0.2, 0) is 10.2 Å². The van der Waals surface area contributed by atoms with Crippen LogP contribution < -0.4 is 10.1 Å². The van der Waals surface area contributed by atoms with Crippen molar-refractivity contribution in [3.8, 4) is 5.75 Å². The zero-order valence-corrected chi connectivity index (χ0v) is 14.6. The minimum Gasteiger partial charge on any atom is -0.491 e. The first-order valence-electron chi connectivity index (χ1n) is 8.70. The first kappa shape index (κ1) is 17.2. The van der Waals surface area contributed by atoms with E-state index >= 15 is 0 Å². The van der Waals surface area contributed by atoms with Gasteiger partial charge in [-0.3, -0.25) is 4.79 Å². The molecule has 24 heavy (non-hydrogen) atoms. The van der Waals surface area contributed by atoms with E-state index in [2.05, 4.69) is 26.1 Å². The SMILES string of the molecule is CC(C)(C)c1ccc2c(c1)OC[C@@H](NC1CCC(C(=O)O)C1)[C@H]2O. The zero-order valence-electron chi connectivity index (χ0n) is 14.6. The minimum absolute atomic E-state index is 0.0358. The molecule has 1 saturated carbocycles. The fourth-order valence-corrected chi connectivity index (χ4v) is 3.66. The van der Waals surface area contributed by atoms with Crippen molar-refractivity contribution in [2.75, 3.05) is 6.61 Å². The number of fused-ring (bicyclic) bond motifs is 1. The van der Waals surface area contributed by atoms with Crippen LogP contribution >= 0.6 is 0 Å². The second-order valence-corrected chi connectivity index (χ2v) is 8.08. The number of aliphatic hydroxyl groups excluding tert-OH is 1. The number of hydrogen-bond acceptors (Lipinski definition) is 4. The third-order valence-electron chi connectivity index (χ3n) is 5.23. The number of nitrogens with one attached hydrogen (secondary N) is 1. The predicted molar refractivity (Wildman–Crippen MR) is 91.3 cm³/mol. The van der Waals surface area contributed by atoms with Gasteiger partial charge in [0.25, 0.3) is 0 Å². The summed E-state index contributed by atoms with van der Waals surface area (Å²) in [7, 11) is 0. The first-order chi connectivity index (χ1) is 11.3. The monoisotopic (exact) mass is 333 g/mol. The van der Waals surface area contributed by atoms with E-state index in [4.69, 9.17) is 9.84 Å². The van der Waals surface area contributed by atoms with Crippen molar-refractivity contribution in [2.45, 2.75) is 63.6 Å². The molecule has 1 aromatic rings. The molecule has 0 bridgehead atoms. The molecule has 0 aromatic heterocycles. The molecule has 4 atom stereocenters. The standard InChI is InChI=1S/C19H27NO4/c1-19(2,3)12-5-7-14-16(9-12)24-10-15(17(14)21)20-13-6-4-11(8-13)18(22)23/h5,7,9,11,13,15,17,20-21H,4,6,8,10H2,1-3H3,(H,22,23)/t11?,13?,15-,17+/m1/s1. The highest BCUT2D eigenvalue weighted by Gasteiger charge is 2.35. The Morgan fingerprint density at radius 1 is 1.29 bits per heavy atom. The number of rotatable bonds is 3. The van der Waals surface area contributed by atoms with Gasteiger partial charge >= 0.3 is 5.97 Å². The maximum absolute atomic E-state index is 11.1. The molecule has 1 aromatic carbocycles. The van der Waals surface area contributed by atoms with E-state index in [9.17, 15) is 9.90 Å². The first-order valence-corrected chi connectivity index (χ1v) is 8.70. The van der Waals surface area contributed by atoms with Crippen LogP contribution in [0.4, 0.5) is 0 Å². The summed E-state index contributed by atoms with van der Waals surface area (Å²) in [5.74, 6) is -0.242. The lowest BCUT2D eigenvalue weighted by Crippen LogP contribution is -2.46. The normalized spacial score (nSPS) is 29.8. The van der Waals surface area contributed by atoms with Crippen LogP contribution in [0.3, 0.4) is 0 Å². The highest BCUT2D eigenvalue weighted by atomic mass is 16.5. The van der Waals surface area contributed by atoms with Crippen molar-refractivity contribution in [1.29, 1.82) is 0 Å². The summed E-state index contributed by atoms with van der Waals surface area (Å²) in [4.78, 5) is 11.1. The van der Waals surface area contributed by atoms with Crippen molar-refractivity contribution in [2.24, 2.45) is 5.92 Å². The number of hydrogen-bond donors (Lipinski definition) is 3. The van der Waals surface area contributed by atoms with Gasteiger partial charge in [0.05, 0.1) is 12.0 Å². The molecular weight excluding hydrogens is 306 g/mol. The summed E-state index contributed by atoms with van der Waals surface area (Å²) in [5, 5.41) is 23.2. The molecule has 3 rings (SSSR count). The topological polar surface area (TPSA) is 78.8 Å². The van der Waals surface area contributed by atoms with Crippen molar-refractivity contribution < 1.29 is 19.7 Å². The van der Waals surface area contributed by atoms with E-state index in [1.165, 1.54) is 5.56 Å². The Morgan fingerprint density at radius 2 is 2.04 bits per heavy atom. The number of benzene rings is 1. The van der Waals surface area contributed by atoms with E-state index in [0.717, 1.165) is 17.7 Å². The Hall–Kier alpha value is -1.59. The van der Waals surface area contributed by atoms with Crippen molar-refractivity contribution in [3.05, 3.63) is 29.3 Å². The Morgan fingerprint density at radius 3 is 2.67 bits per heavy atom. The summed E-state index contributed by atoms with van der Waals surface area (Å²) >= 11 is 0. The van der Waals surface area contributed by atoms with Gasteiger partial charge in [-0.2, -0.15) is 0 Å². The third kappa shape index (κ3) is 3.42. The number of carboxylic acids is 1. The largest absolute Gasteiger partial charge is 0.491 e. The molecule has 3 N–H and O–H groups in total. The quantitative estimate of drug-likeness (QED) is 0.792. The van der Waals surface area contributed by atoms with Gasteiger partial charge in [-0.15, -0.1) is 0 Å². The molecule has 0 saturated heterocycles. The van der Waals surface area contributed by atoms with Gasteiger partial charge in [0, 0.05) is 11.6 Å². The molecule has 5 heteroatoms. The zero-order chi connectivity index (χ0) is 17.5. The average Bonchev–Trinajstić information content (AvgIpc) is 2.98. The molecule has 5 nitrogen and oxygen atoms in total. The summed E-state index contributed by atoms with van der Waals surface area (Å²) in [6, 6.07) is 5.94. The molecule has 2 aliphatic rings. The van der Waals surface area contributed by atoms with Gasteiger partial charge in [0.15, 0.2) is 0 Å². The molecule has 1 aliphatic carbocycles. The van der Waals surface area contributed by atoms with E-state index < -0.39 is 12.1 Å². The van der Waals surface area contributed by atoms with Crippen LogP contribution in [0.25, 0.3) is 0 Å². The second-order valence-electron chi connectivity index (χ2n) is 8.08. The molecule has 1 heterocycles. The van der Waals surface area contributed by atoms with Crippen LogP contribution in [0.15, 0.2) is 18.2 Å². The van der Waals surface area contributed by atoms with Gasteiger partial charge in [0.2, 0.25) is 0 Å². The Bertz CT molecular complexity index is 622. The fourth-order valence-electron chi connectivity index (χ4n) is 3.66. The van der Waals surface area contributed by atoms with Crippen LogP contribution in [0, 0.1) is 5.92 Å². The van der Waals surface area contributed by atoms with Gasteiger partial charge in [-0.25, -0.2) is 0 Å². The second kappa shape index (κ2) is 6.37. The highest BCUT2D eigenvalue weighted by Crippen LogP contribution is 2.37. The van der Waals surface area contributed by atoms with Gasteiger partial charge in [-0.1, -0.05) is 32.9 Å². The van der Waals surface area contributed by atoms with E-state index in [0.29, 0.717) is 19.4 Å². The maximum Gasteiger partial charge on any atom is 0.306 e. The summed E-state index contributed by atoms with van der Waals surface area (Å²) in [5.41, 5.74) is 2.02. The Labute approximate surface area is 143 Å². The van der Waals surface area contributed by atoms with E-state index in [1.54, 1.807) is 0 Å². The number of ether oxygens (including phenoxy) is 1. The maximum atomic E-state index is 11.1. The molecule has 0 radical (unpaired) electrons. The summed E-state index contributed by atoms with van der Waals surface area (Å²) in [6.45, 7) is 6.85. The molecule has 132 valence electrons. The summed E-state index contributed by atoms with van der Waals surface area (Å²) in [6.07, 6.45) is 1.51. The minimum atomic E-state index is -0.722. The number of carbonyl (C=O) groups is 1. The van der Waals surface area contributed by atoms with Crippen LogP contribution in [0.2, 0.25) is 0 Å². The molecular formula is C19H27NO4. The number of aliphatic carboxylic acids is 1. The predicted octanol–water partition coefficient (Wildman–Crippen LogP) is 2.62. The van der Waals surface area contributed by atoms with Gasteiger partial charge in [0.1, 0.15) is 18.5 Å². The molecule has 0 spiro atoms. The molecule has 1 aliphatic heterocycles. The van der Waals surface area contributed by atoms with Gasteiger partial charge in [-0.05, 0) is 36.3 Å². The molecule has 2 unspecified atom stereocenters. The Balaban J connectivity index is 1.69. The van der Waals surface area contributed by atoms with Gasteiger partial charge < -0.3 is 20.3 Å². The smallest absolute Gasteiger partial charge is 0.306 e. The highest BCUT2D eigenvalue weighted by molar-refractivity contribution is 5.70. The lowest BCUT2D eigenvalue weighted by molar-refractivity contribution is -0.141. The average molecular weight is 333 g/mol. The number of aliphatic hydroxyl groups is 1. The lowest BCUT2D eigenvalue weighted by Gasteiger charge is -2.34. The van der Waals surface area contributed by atoms with Crippen LogP contribution in [0.1, 0.15) is 57.3 Å². The fraction of sp³-hybridized carbons (Fsp3) is 0.632. The number of carboxylic acid groups (broad SMARTS) is 1.